The Morgan fingerprint density at radius 1 is 1.44 bits per heavy atom. The van der Waals surface area contributed by atoms with Gasteiger partial charge in [-0.05, 0) is 26.2 Å². The quantitative estimate of drug-likeness (QED) is 0.732. The number of amides is 1. The molecule has 3 atom stereocenters. The molecule has 2 aliphatic rings. The molecule has 4 heteroatoms. The molecule has 0 aromatic rings. The SMILES string of the molecule is CC1(C(=O)NC2CC(N)C2(C)C)CCCO1. The van der Waals surface area contributed by atoms with Gasteiger partial charge in [0, 0.05) is 24.1 Å². The van der Waals surface area contributed by atoms with Crippen molar-refractivity contribution in [3.63, 3.8) is 0 Å². The summed E-state index contributed by atoms with van der Waals surface area (Å²) in [7, 11) is 0. The first-order chi connectivity index (χ1) is 7.36. The molecule has 92 valence electrons. The number of carbonyl (C=O) groups is 1. The van der Waals surface area contributed by atoms with Crippen molar-refractivity contribution in [1.29, 1.82) is 0 Å². The maximum atomic E-state index is 12.1. The monoisotopic (exact) mass is 226 g/mol. The number of hydrogen-bond acceptors (Lipinski definition) is 3. The fraction of sp³-hybridized carbons (Fsp3) is 0.917. The average Bonchev–Trinajstić information content (AvgIpc) is 2.66. The summed E-state index contributed by atoms with van der Waals surface area (Å²) < 4.78 is 5.52. The first-order valence-electron chi connectivity index (χ1n) is 6.07. The number of ether oxygens (including phenoxy) is 1. The van der Waals surface area contributed by atoms with E-state index in [1.807, 2.05) is 6.92 Å². The van der Waals surface area contributed by atoms with Crippen molar-refractivity contribution in [2.45, 2.75) is 57.7 Å². The van der Waals surface area contributed by atoms with E-state index in [1.54, 1.807) is 0 Å². The van der Waals surface area contributed by atoms with Gasteiger partial charge in [0.2, 0.25) is 0 Å². The van der Waals surface area contributed by atoms with Gasteiger partial charge in [0.1, 0.15) is 5.60 Å². The van der Waals surface area contributed by atoms with Crippen molar-refractivity contribution in [3.05, 3.63) is 0 Å². The highest BCUT2D eigenvalue weighted by Gasteiger charge is 2.49. The van der Waals surface area contributed by atoms with Crippen LogP contribution >= 0.6 is 0 Å². The van der Waals surface area contributed by atoms with E-state index in [1.165, 1.54) is 0 Å². The lowest BCUT2D eigenvalue weighted by atomic mass is 9.63. The van der Waals surface area contributed by atoms with E-state index >= 15 is 0 Å². The number of rotatable bonds is 2. The fourth-order valence-electron chi connectivity index (χ4n) is 2.47. The zero-order chi connectivity index (χ0) is 12.0. The second-order valence-electron chi connectivity index (χ2n) is 5.87. The average molecular weight is 226 g/mol. The molecular formula is C12H22N2O2. The van der Waals surface area contributed by atoms with Gasteiger partial charge in [0.15, 0.2) is 0 Å². The van der Waals surface area contributed by atoms with Gasteiger partial charge < -0.3 is 15.8 Å². The Bertz CT molecular complexity index is 295. The van der Waals surface area contributed by atoms with Gasteiger partial charge in [-0.15, -0.1) is 0 Å². The van der Waals surface area contributed by atoms with Gasteiger partial charge in [-0.2, -0.15) is 0 Å². The number of nitrogens with one attached hydrogen (secondary N) is 1. The van der Waals surface area contributed by atoms with Crippen LogP contribution in [0.3, 0.4) is 0 Å². The van der Waals surface area contributed by atoms with E-state index in [9.17, 15) is 4.79 Å². The molecule has 0 spiro atoms. The summed E-state index contributed by atoms with van der Waals surface area (Å²) in [4.78, 5) is 12.1. The van der Waals surface area contributed by atoms with E-state index in [-0.39, 0.29) is 23.4 Å². The summed E-state index contributed by atoms with van der Waals surface area (Å²) in [6.07, 6.45) is 2.66. The van der Waals surface area contributed by atoms with Crippen LogP contribution in [0.5, 0.6) is 0 Å². The minimum atomic E-state index is -0.615. The summed E-state index contributed by atoms with van der Waals surface area (Å²) in [5, 5.41) is 3.08. The third kappa shape index (κ3) is 1.74. The lowest BCUT2D eigenvalue weighted by molar-refractivity contribution is -0.142. The predicted molar refractivity (Wildman–Crippen MR) is 61.9 cm³/mol. The molecule has 1 amide bonds. The first-order valence-corrected chi connectivity index (χ1v) is 6.07. The lowest BCUT2D eigenvalue weighted by Gasteiger charge is -2.51. The summed E-state index contributed by atoms with van der Waals surface area (Å²) in [6, 6.07) is 0.381. The van der Waals surface area contributed by atoms with E-state index in [4.69, 9.17) is 10.5 Å². The van der Waals surface area contributed by atoms with Crippen molar-refractivity contribution in [2.75, 3.05) is 6.61 Å². The van der Waals surface area contributed by atoms with Gasteiger partial charge in [-0.3, -0.25) is 4.79 Å². The second-order valence-corrected chi connectivity index (χ2v) is 5.87. The number of nitrogens with two attached hydrogens (primary N) is 1. The van der Waals surface area contributed by atoms with Crippen LogP contribution in [-0.4, -0.2) is 30.2 Å². The van der Waals surface area contributed by atoms with Crippen LogP contribution in [0.25, 0.3) is 0 Å². The summed E-state index contributed by atoms with van der Waals surface area (Å²) in [5.41, 5.74) is 5.32. The molecule has 1 saturated carbocycles. The summed E-state index contributed by atoms with van der Waals surface area (Å²) >= 11 is 0. The molecule has 4 nitrogen and oxygen atoms in total. The Hall–Kier alpha value is -0.610. The fourth-order valence-corrected chi connectivity index (χ4v) is 2.47. The molecule has 0 bridgehead atoms. The van der Waals surface area contributed by atoms with E-state index in [0.717, 1.165) is 19.3 Å². The van der Waals surface area contributed by atoms with Crippen LogP contribution in [0.15, 0.2) is 0 Å². The molecule has 3 N–H and O–H groups in total. The highest BCUT2D eigenvalue weighted by Crippen LogP contribution is 2.39. The third-order valence-electron chi connectivity index (χ3n) is 4.35. The van der Waals surface area contributed by atoms with Crippen LogP contribution in [-0.2, 0) is 9.53 Å². The first kappa shape index (κ1) is 11.9. The van der Waals surface area contributed by atoms with Crippen LogP contribution in [0.2, 0.25) is 0 Å². The zero-order valence-corrected chi connectivity index (χ0v) is 10.4. The molecule has 0 radical (unpaired) electrons. The van der Waals surface area contributed by atoms with Crippen molar-refractivity contribution in [2.24, 2.45) is 11.1 Å². The Balaban J connectivity index is 1.94. The zero-order valence-electron chi connectivity index (χ0n) is 10.4. The van der Waals surface area contributed by atoms with Gasteiger partial charge in [0.25, 0.3) is 5.91 Å². The molecule has 1 heterocycles. The molecule has 0 aromatic heterocycles. The largest absolute Gasteiger partial charge is 0.365 e. The van der Waals surface area contributed by atoms with Crippen LogP contribution in [0.1, 0.15) is 40.0 Å². The molecule has 1 aliphatic heterocycles. The van der Waals surface area contributed by atoms with Gasteiger partial charge in [-0.1, -0.05) is 13.8 Å². The van der Waals surface area contributed by atoms with Crippen molar-refractivity contribution >= 4 is 5.91 Å². The molecule has 3 unspecified atom stereocenters. The molecule has 2 rings (SSSR count). The number of hydrogen-bond donors (Lipinski definition) is 2. The Morgan fingerprint density at radius 2 is 2.12 bits per heavy atom. The highest BCUT2D eigenvalue weighted by atomic mass is 16.5. The van der Waals surface area contributed by atoms with Crippen molar-refractivity contribution < 1.29 is 9.53 Å². The standard InChI is InChI=1S/C12H22N2O2/c1-11(2)8(13)7-9(11)14-10(15)12(3)5-4-6-16-12/h8-9H,4-7,13H2,1-3H3,(H,14,15). The molecule has 1 saturated heterocycles. The minimum Gasteiger partial charge on any atom is -0.365 e. The van der Waals surface area contributed by atoms with Gasteiger partial charge in [0.05, 0.1) is 0 Å². The van der Waals surface area contributed by atoms with Gasteiger partial charge >= 0.3 is 0 Å². The Morgan fingerprint density at radius 3 is 2.56 bits per heavy atom. The Labute approximate surface area is 96.9 Å². The lowest BCUT2D eigenvalue weighted by Crippen LogP contribution is -2.66. The highest BCUT2D eigenvalue weighted by molar-refractivity contribution is 5.85. The molecule has 0 aromatic carbocycles. The third-order valence-corrected chi connectivity index (χ3v) is 4.35. The smallest absolute Gasteiger partial charge is 0.252 e. The number of carbonyl (C=O) groups excluding carboxylic acids is 1. The van der Waals surface area contributed by atoms with Gasteiger partial charge in [-0.25, -0.2) is 0 Å². The minimum absolute atomic E-state index is 0.00459. The topological polar surface area (TPSA) is 64.4 Å². The molecule has 2 fully saturated rings. The molecule has 16 heavy (non-hydrogen) atoms. The second kappa shape index (κ2) is 3.70. The van der Waals surface area contributed by atoms with Crippen LogP contribution < -0.4 is 11.1 Å². The molecular weight excluding hydrogens is 204 g/mol. The van der Waals surface area contributed by atoms with E-state index in [0.29, 0.717) is 6.61 Å². The molecule has 1 aliphatic carbocycles. The summed E-state index contributed by atoms with van der Waals surface area (Å²) in [6.45, 7) is 6.77. The maximum Gasteiger partial charge on any atom is 0.252 e. The van der Waals surface area contributed by atoms with Crippen LogP contribution in [0.4, 0.5) is 0 Å². The summed E-state index contributed by atoms with van der Waals surface area (Å²) in [5.74, 6) is 0.0231. The van der Waals surface area contributed by atoms with E-state index in [2.05, 4.69) is 19.2 Å². The van der Waals surface area contributed by atoms with E-state index < -0.39 is 5.60 Å². The maximum absolute atomic E-state index is 12.1. The van der Waals surface area contributed by atoms with Crippen LogP contribution in [0, 0.1) is 5.41 Å². The van der Waals surface area contributed by atoms with Crippen molar-refractivity contribution in [1.82, 2.24) is 5.32 Å². The predicted octanol–water partition coefficient (Wildman–Crippen LogP) is 0.797. The van der Waals surface area contributed by atoms with Crippen molar-refractivity contribution in [3.8, 4) is 0 Å². The Kier molecular flexibility index (Phi) is 2.75. The normalized spacial score (nSPS) is 41.5.